The molecule has 1 heterocycles. The fourth-order valence-electron chi connectivity index (χ4n) is 1.33. The molecule has 1 aromatic heterocycles. The predicted octanol–water partition coefficient (Wildman–Crippen LogP) is 2.48. The van der Waals surface area contributed by atoms with Crippen LogP contribution in [0.2, 0.25) is 5.15 Å². The van der Waals surface area contributed by atoms with Crippen molar-refractivity contribution in [3.8, 4) is 0 Å². The molecule has 1 amide bonds. The fourth-order valence-corrected chi connectivity index (χ4v) is 1.52. The second kappa shape index (κ2) is 6.74. The number of hydrogen-bond donors (Lipinski definition) is 2. The molecule has 0 bridgehead atoms. The predicted molar refractivity (Wildman–Crippen MR) is 68.4 cm³/mol. The average Bonchev–Trinajstić information content (AvgIpc) is 2.25. The monoisotopic (exact) mass is 310 g/mol. The first-order chi connectivity index (χ1) is 9.18. The Morgan fingerprint density at radius 1 is 1.40 bits per heavy atom. The summed E-state index contributed by atoms with van der Waals surface area (Å²) in [5, 5.41) is 4.95. The number of alkyl halides is 3. The van der Waals surface area contributed by atoms with E-state index in [9.17, 15) is 18.0 Å². The number of aromatic nitrogens is 2. The van der Waals surface area contributed by atoms with Crippen LogP contribution in [0.3, 0.4) is 0 Å². The standard InChI is InChI=1S/C11H14ClF3N4O/c1-6(2)17-9(20)3-4-16-8-5-7(12)18-10(19-8)11(13,14)15/h5-6H,3-4H2,1-2H3,(H,17,20)(H,16,18,19). The molecule has 2 N–H and O–H groups in total. The summed E-state index contributed by atoms with van der Waals surface area (Å²) in [5.74, 6) is -1.60. The molecule has 1 rings (SSSR count). The molecular formula is C11H14ClF3N4O. The highest BCUT2D eigenvalue weighted by molar-refractivity contribution is 6.29. The van der Waals surface area contributed by atoms with Gasteiger partial charge in [-0.05, 0) is 13.8 Å². The van der Waals surface area contributed by atoms with E-state index < -0.39 is 12.0 Å². The van der Waals surface area contributed by atoms with Gasteiger partial charge >= 0.3 is 6.18 Å². The minimum atomic E-state index is -4.67. The lowest BCUT2D eigenvalue weighted by Crippen LogP contribution is -2.31. The molecule has 0 aliphatic rings. The van der Waals surface area contributed by atoms with Crippen LogP contribution in [-0.4, -0.2) is 28.5 Å². The molecule has 112 valence electrons. The Balaban J connectivity index is 2.61. The highest BCUT2D eigenvalue weighted by Gasteiger charge is 2.35. The van der Waals surface area contributed by atoms with Gasteiger partial charge in [-0.15, -0.1) is 0 Å². The molecule has 9 heteroatoms. The van der Waals surface area contributed by atoms with E-state index >= 15 is 0 Å². The minimum Gasteiger partial charge on any atom is -0.369 e. The molecule has 0 aliphatic carbocycles. The van der Waals surface area contributed by atoms with Gasteiger partial charge in [0.2, 0.25) is 11.7 Å². The highest BCUT2D eigenvalue weighted by atomic mass is 35.5. The van der Waals surface area contributed by atoms with Crippen LogP contribution in [0.4, 0.5) is 19.0 Å². The van der Waals surface area contributed by atoms with Crippen molar-refractivity contribution in [1.29, 1.82) is 0 Å². The van der Waals surface area contributed by atoms with E-state index in [1.54, 1.807) is 0 Å². The molecule has 0 saturated carbocycles. The maximum Gasteiger partial charge on any atom is 0.451 e. The molecule has 0 saturated heterocycles. The Kier molecular flexibility index (Phi) is 5.55. The van der Waals surface area contributed by atoms with E-state index in [0.29, 0.717) is 0 Å². The lowest BCUT2D eigenvalue weighted by atomic mass is 10.3. The zero-order chi connectivity index (χ0) is 15.3. The zero-order valence-electron chi connectivity index (χ0n) is 10.9. The van der Waals surface area contributed by atoms with Gasteiger partial charge in [-0.1, -0.05) is 11.6 Å². The van der Waals surface area contributed by atoms with Gasteiger partial charge in [0.15, 0.2) is 0 Å². The second-order valence-electron chi connectivity index (χ2n) is 4.30. The van der Waals surface area contributed by atoms with E-state index in [-0.39, 0.29) is 35.9 Å². The number of nitrogens with one attached hydrogen (secondary N) is 2. The maximum absolute atomic E-state index is 12.5. The number of hydrogen-bond acceptors (Lipinski definition) is 4. The van der Waals surface area contributed by atoms with Crippen molar-refractivity contribution in [3.05, 3.63) is 17.0 Å². The van der Waals surface area contributed by atoms with Crippen molar-refractivity contribution in [2.75, 3.05) is 11.9 Å². The molecule has 0 atom stereocenters. The lowest BCUT2D eigenvalue weighted by Gasteiger charge is -2.11. The zero-order valence-corrected chi connectivity index (χ0v) is 11.6. The Morgan fingerprint density at radius 2 is 2.05 bits per heavy atom. The van der Waals surface area contributed by atoms with Gasteiger partial charge in [0, 0.05) is 25.1 Å². The molecule has 0 unspecified atom stereocenters. The first kappa shape index (κ1) is 16.5. The van der Waals surface area contributed by atoms with Gasteiger partial charge in [-0.3, -0.25) is 4.79 Å². The molecule has 5 nitrogen and oxygen atoms in total. The second-order valence-corrected chi connectivity index (χ2v) is 4.68. The van der Waals surface area contributed by atoms with Crippen molar-refractivity contribution >= 4 is 23.3 Å². The summed E-state index contributed by atoms with van der Waals surface area (Å²) in [6.45, 7) is 3.76. The Morgan fingerprint density at radius 3 is 2.60 bits per heavy atom. The van der Waals surface area contributed by atoms with Gasteiger partial charge in [0.25, 0.3) is 0 Å². The summed E-state index contributed by atoms with van der Waals surface area (Å²) in [5.41, 5.74) is 0. The van der Waals surface area contributed by atoms with Crippen molar-refractivity contribution in [2.45, 2.75) is 32.5 Å². The summed E-state index contributed by atoms with van der Waals surface area (Å²) < 4.78 is 37.4. The van der Waals surface area contributed by atoms with Crippen LogP contribution < -0.4 is 10.6 Å². The van der Waals surface area contributed by atoms with Crippen molar-refractivity contribution in [2.24, 2.45) is 0 Å². The summed E-state index contributed by atoms with van der Waals surface area (Å²) in [6, 6.07) is 1.17. The van der Waals surface area contributed by atoms with Gasteiger partial charge in [-0.2, -0.15) is 13.2 Å². The molecule has 0 aliphatic heterocycles. The third kappa shape index (κ3) is 5.60. The highest BCUT2D eigenvalue weighted by Crippen LogP contribution is 2.28. The van der Waals surface area contributed by atoms with Gasteiger partial charge in [0.05, 0.1) is 0 Å². The van der Waals surface area contributed by atoms with Crippen LogP contribution in [0.1, 0.15) is 26.1 Å². The fraction of sp³-hybridized carbons (Fsp3) is 0.545. The Hall–Kier alpha value is -1.57. The van der Waals surface area contributed by atoms with Crippen LogP contribution in [-0.2, 0) is 11.0 Å². The number of amides is 1. The smallest absolute Gasteiger partial charge is 0.369 e. The number of halogens is 4. The van der Waals surface area contributed by atoms with Crippen LogP contribution >= 0.6 is 11.6 Å². The summed E-state index contributed by atoms with van der Waals surface area (Å²) in [7, 11) is 0. The molecule has 1 aromatic rings. The summed E-state index contributed by atoms with van der Waals surface area (Å²) >= 11 is 5.50. The van der Waals surface area contributed by atoms with Crippen LogP contribution in [0.5, 0.6) is 0 Å². The first-order valence-electron chi connectivity index (χ1n) is 5.83. The van der Waals surface area contributed by atoms with E-state index in [4.69, 9.17) is 11.6 Å². The molecular weight excluding hydrogens is 297 g/mol. The molecule has 0 fully saturated rings. The van der Waals surface area contributed by atoms with E-state index in [2.05, 4.69) is 20.6 Å². The number of carbonyl (C=O) groups excluding carboxylic acids is 1. The van der Waals surface area contributed by atoms with E-state index in [1.165, 1.54) is 0 Å². The number of carbonyl (C=O) groups is 1. The maximum atomic E-state index is 12.5. The van der Waals surface area contributed by atoms with Crippen molar-refractivity contribution in [3.63, 3.8) is 0 Å². The van der Waals surface area contributed by atoms with Crippen LogP contribution in [0, 0.1) is 0 Å². The first-order valence-corrected chi connectivity index (χ1v) is 6.21. The summed E-state index contributed by atoms with van der Waals surface area (Å²) in [6.07, 6.45) is -4.56. The minimum absolute atomic E-state index is 0.00725. The molecule has 0 spiro atoms. The number of rotatable bonds is 5. The van der Waals surface area contributed by atoms with E-state index in [1.807, 2.05) is 13.8 Å². The van der Waals surface area contributed by atoms with E-state index in [0.717, 1.165) is 6.07 Å². The van der Waals surface area contributed by atoms with Gasteiger partial charge in [-0.25, -0.2) is 9.97 Å². The van der Waals surface area contributed by atoms with Crippen molar-refractivity contribution in [1.82, 2.24) is 15.3 Å². The largest absolute Gasteiger partial charge is 0.451 e. The van der Waals surface area contributed by atoms with Crippen LogP contribution in [0.25, 0.3) is 0 Å². The Labute approximate surface area is 118 Å². The Bertz CT molecular complexity index is 479. The molecule has 0 aromatic carbocycles. The van der Waals surface area contributed by atoms with Gasteiger partial charge < -0.3 is 10.6 Å². The normalized spacial score (nSPS) is 11.6. The molecule has 0 radical (unpaired) electrons. The quantitative estimate of drug-likeness (QED) is 0.820. The number of anilines is 1. The van der Waals surface area contributed by atoms with Crippen molar-refractivity contribution < 1.29 is 18.0 Å². The number of nitrogens with zero attached hydrogens (tertiary/aromatic N) is 2. The topological polar surface area (TPSA) is 66.9 Å². The van der Waals surface area contributed by atoms with Gasteiger partial charge in [0.1, 0.15) is 11.0 Å². The molecule has 20 heavy (non-hydrogen) atoms. The summed E-state index contributed by atoms with van der Waals surface area (Å²) in [4.78, 5) is 17.7. The third-order valence-electron chi connectivity index (χ3n) is 2.06. The average molecular weight is 311 g/mol. The third-order valence-corrected chi connectivity index (χ3v) is 2.25. The lowest BCUT2D eigenvalue weighted by molar-refractivity contribution is -0.144. The van der Waals surface area contributed by atoms with Crippen LogP contribution in [0.15, 0.2) is 6.07 Å². The SMILES string of the molecule is CC(C)NC(=O)CCNc1cc(Cl)nc(C(F)(F)F)n1.